The van der Waals surface area contributed by atoms with Gasteiger partial charge in [-0.2, -0.15) is 0 Å². The van der Waals surface area contributed by atoms with Crippen LogP contribution in [0.3, 0.4) is 0 Å². The molecule has 1 unspecified atom stereocenters. The second-order valence-corrected chi connectivity index (χ2v) is 4.57. The highest BCUT2D eigenvalue weighted by molar-refractivity contribution is 5.90. The van der Waals surface area contributed by atoms with Crippen LogP contribution in [0.15, 0.2) is 28.9 Å². The lowest BCUT2D eigenvalue weighted by molar-refractivity contribution is 0.514. The van der Waals surface area contributed by atoms with E-state index in [4.69, 9.17) is 4.42 Å². The topological polar surface area (TPSA) is 25.2 Å². The second-order valence-electron chi connectivity index (χ2n) is 4.57. The van der Waals surface area contributed by atoms with Crippen LogP contribution in [0.1, 0.15) is 18.9 Å². The molecule has 4 heteroatoms. The van der Waals surface area contributed by atoms with E-state index in [0.29, 0.717) is 11.1 Å². The van der Waals surface area contributed by atoms with Gasteiger partial charge in [0, 0.05) is 11.6 Å². The Morgan fingerprint density at radius 1 is 1.39 bits per heavy atom. The first-order chi connectivity index (χ1) is 8.66. The smallest absolute Gasteiger partial charge is 0.169 e. The molecule has 0 saturated heterocycles. The van der Waals surface area contributed by atoms with Crippen LogP contribution in [-0.4, -0.2) is 12.6 Å². The first kappa shape index (κ1) is 11.4. The molecule has 1 atom stereocenters. The third-order valence-electron chi connectivity index (χ3n) is 3.28. The van der Waals surface area contributed by atoms with Gasteiger partial charge in [-0.15, -0.1) is 0 Å². The molecule has 0 spiro atoms. The fraction of sp³-hybridized carbons (Fsp3) is 0.286. The maximum atomic E-state index is 13.6. The summed E-state index contributed by atoms with van der Waals surface area (Å²) in [7, 11) is 0. The van der Waals surface area contributed by atoms with Gasteiger partial charge in [-0.25, -0.2) is 8.78 Å². The molecular weight excluding hydrogens is 236 g/mol. The molecule has 2 aromatic rings. The Kier molecular flexibility index (Phi) is 2.67. The molecule has 1 aliphatic heterocycles. The Hall–Kier alpha value is -1.68. The number of nitrogens with one attached hydrogen (secondary N) is 1. The van der Waals surface area contributed by atoms with Gasteiger partial charge < -0.3 is 9.73 Å². The Morgan fingerprint density at radius 3 is 3.00 bits per heavy atom. The van der Waals surface area contributed by atoms with Gasteiger partial charge in [0.05, 0.1) is 11.6 Å². The first-order valence-electron chi connectivity index (χ1n) is 5.96. The number of benzene rings is 1. The minimum absolute atomic E-state index is 0.206. The van der Waals surface area contributed by atoms with Gasteiger partial charge in [-0.05, 0) is 37.6 Å². The van der Waals surface area contributed by atoms with Crippen molar-refractivity contribution in [1.82, 2.24) is 5.32 Å². The lowest BCUT2D eigenvalue weighted by atomic mass is 9.96. The van der Waals surface area contributed by atoms with Crippen LogP contribution in [-0.2, 0) is 0 Å². The van der Waals surface area contributed by atoms with Gasteiger partial charge >= 0.3 is 0 Å². The van der Waals surface area contributed by atoms with Gasteiger partial charge in [0.25, 0.3) is 0 Å². The quantitative estimate of drug-likeness (QED) is 0.837. The Bertz CT molecular complexity index is 630. The third-order valence-corrected chi connectivity index (χ3v) is 3.28. The van der Waals surface area contributed by atoms with Gasteiger partial charge in [-0.1, -0.05) is 6.08 Å². The van der Waals surface area contributed by atoms with Crippen LogP contribution in [0.5, 0.6) is 0 Å². The van der Waals surface area contributed by atoms with Crippen molar-refractivity contribution in [2.45, 2.75) is 19.4 Å². The highest BCUT2D eigenvalue weighted by Gasteiger charge is 2.19. The number of fused-ring (bicyclic) bond motifs is 1. The summed E-state index contributed by atoms with van der Waals surface area (Å²) in [4.78, 5) is 0. The summed E-state index contributed by atoms with van der Waals surface area (Å²) in [5, 5.41) is 3.48. The molecule has 1 aliphatic rings. The average molecular weight is 249 g/mol. The van der Waals surface area contributed by atoms with E-state index in [9.17, 15) is 8.78 Å². The lowest BCUT2D eigenvalue weighted by Gasteiger charge is -2.20. The van der Waals surface area contributed by atoms with Gasteiger partial charge in [-0.3, -0.25) is 0 Å². The molecule has 18 heavy (non-hydrogen) atoms. The molecule has 94 valence electrons. The summed E-state index contributed by atoms with van der Waals surface area (Å²) in [6, 6.07) is 2.92. The van der Waals surface area contributed by atoms with Crippen LogP contribution < -0.4 is 5.32 Å². The Labute approximate surface area is 103 Å². The number of furan rings is 1. The van der Waals surface area contributed by atoms with E-state index >= 15 is 0 Å². The summed E-state index contributed by atoms with van der Waals surface area (Å²) >= 11 is 0. The monoisotopic (exact) mass is 249 g/mol. The molecule has 0 aliphatic carbocycles. The highest BCUT2D eigenvalue weighted by Crippen LogP contribution is 2.32. The van der Waals surface area contributed by atoms with Crippen molar-refractivity contribution in [2.24, 2.45) is 0 Å². The van der Waals surface area contributed by atoms with Gasteiger partial charge in [0.1, 0.15) is 5.58 Å². The van der Waals surface area contributed by atoms with Gasteiger partial charge in [0.2, 0.25) is 0 Å². The van der Waals surface area contributed by atoms with E-state index in [1.807, 2.05) is 13.0 Å². The molecule has 0 amide bonds. The summed E-state index contributed by atoms with van der Waals surface area (Å²) in [6.07, 6.45) is 4.20. The summed E-state index contributed by atoms with van der Waals surface area (Å²) in [5.74, 6) is -1.67. The zero-order chi connectivity index (χ0) is 12.7. The summed E-state index contributed by atoms with van der Waals surface area (Å²) in [5.41, 5.74) is 2.08. The van der Waals surface area contributed by atoms with Crippen molar-refractivity contribution >= 4 is 16.5 Å². The molecule has 2 nitrogen and oxygen atoms in total. The maximum Gasteiger partial charge on any atom is 0.169 e. The van der Waals surface area contributed by atoms with Crippen LogP contribution in [0.25, 0.3) is 16.5 Å². The van der Waals surface area contributed by atoms with E-state index in [0.717, 1.165) is 18.5 Å². The first-order valence-corrected chi connectivity index (χ1v) is 5.96. The van der Waals surface area contributed by atoms with Crippen molar-refractivity contribution in [3.63, 3.8) is 0 Å². The molecule has 1 aromatic carbocycles. The molecule has 1 aromatic heterocycles. The van der Waals surface area contributed by atoms with Crippen LogP contribution >= 0.6 is 0 Å². The predicted octanol–water partition coefficient (Wildman–Crippen LogP) is 3.48. The van der Waals surface area contributed by atoms with Crippen molar-refractivity contribution in [3.05, 3.63) is 41.7 Å². The van der Waals surface area contributed by atoms with Crippen molar-refractivity contribution < 1.29 is 13.2 Å². The minimum atomic E-state index is -0.843. The zero-order valence-corrected chi connectivity index (χ0v) is 9.97. The van der Waals surface area contributed by atoms with Crippen LogP contribution in [0.4, 0.5) is 8.78 Å². The molecule has 3 rings (SSSR count). The number of hydrogen-bond donors (Lipinski definition) is 1. The van der Waals surface area contributed by atoms with Crippen LogP contribution in [0.2, 0.25) is 0 Å². The number of halogens is 2. The Balaban J connectivity index is 2.23. The average Bonchev–Trinajstić information content (AvgIpc) is 2.83. The maximum absolute atomic E-state index is 13.6. The standard InChI is InChI=1S/C14H13F2NO/c1-8-6-9(2-4-17-8)11-7-12(15)13(16)10-3-5-18-14(10)11/h3,5-8,17H,2,4H2,1H3. The predicted molar refractivity (Wildman–Crippen MR) is 66.2 cm³/mol. The number of rotatable bonds is 1. The number of hydrogen-bond acceptors (Lipinski definition) is 2. The SMILES string of the molecule is CC1C=C(c2cc(F)c(F)c3ccoc23)CCN1. The van der Waals surface area contributed by atoms with Crippen molar-refractivity contribution in [1.29, 1.82) is 0 Å². The molecule has 0 saturated carbocycles. The van der Waals surface area contributed by atoms with Gasteiger partial charge in [0.15, 0.2) is 11.6 Å². The molecule has 0 radical (unpaired) electrons. The fourth-order valence-electron chi connectivity index (χ4n) is 2.42. The van der Waals surface area contributed by atoms with E-state index < -0.39 is 11.6 Å². The van der Waals surface area contributed by atoms with Crippen LogP contribution in [0, 0.1) is 11.6 Å². The molecule has 1 N–H and O–H groups in total. The lowest BCUT2D eigenvalue weighted by Crippen LogP contribution is -2.29. The Morgan fingerprint density at radius 2 is 2.22 bits per heavy atom. The van der Waals surface area contributed by atoms with E-state index in [1.165, 1.54) is 18.4 Å². The molecule has 0 bridgehead atoms. The summed E-state index contributed by atoms with van der Waals surface area (Å²) < 4.78 is 32.5. The molecule has 0 fully saturated rings. The highest BCUT2D eigenvalue weighted by atomic mass is 19.2. The molecule has 2 heterocycles. The summed E-state index contributed by atoms with van der Waals surface area (Å²) in [6.45, 7) is 2.85. The second kappa shape index (κ2) is 4.21. The third kappa shape index (κ3) is 1.73. The van der Waals surface area contributed by atoms with E-state index in [1.54, 1.807) is 0 Å². The van der Waals surface area contributed by atoms with Crippen molar-refractivity contribution in [2.75, 3.05) is 6.54 Å². The largest absolute Gasteiger partial charge is 0.464 e. The zero-order valence-electron chi connectivity index (χ0n) is 9.97. The van der Waals surface area contributed by atoms with E-state index in [2.05, 4.69) is 5.32 Å². The fourth-order valence-corrected chi connectivity index (χ4v) is 2.42. The molecular formula is C14H13F2NO. The van der Waals surface area contributed by atoms with E-state index in [-0.39, 0.29) is 11.4 Å². The minimum Gasteiger partial charge on any atom is -0.464 e. The normalized spacial score (nSPS) is 20.2. The van der Waals surface area contributed by atoms with Crippen molar-refractivity contribution in [3.8, 4) is 0 Å².